The number of esters is 1. The van der Waals surface area contributed by atoms with Gasteiger partial charge in [-0.2, -0.15) is 5.26 Å². The van der Waals surface area contributed by atoms with Gasteiger partial charge in [-0.1, -0.05) is 60.1 Å². The minimum Gasteiger partial charge on any atom is -0.489 e. The molecule has 14 heteroatoms. The van der Waals surface area contributed by atoms with E-state index >= 15 is 0 Å². The van der Waals surface area contributed by atoms with Crippen molar-refractivity contribution in [3.8, 4) is 11.8 Å². The van der Waals surface area contributed by atoms with Crippen LogP contribution in [0.4, 0.5) is 5.82 Å². The Morgan fingerprint density at radius 2 is 1.65 bits per heavy atom. The number of hydrogen-bond donors (Lipinski definition) is 2. The summed E-state index contributed by atoms with van der Waals surface area (Å²) >= 11 is 6.23. The van der Waals surface area contributed by atoms with E-state index in [1.165, 1.54) is 0 Å². The number of benzene rings is 1. The van der Waals surface area contributed by atoms with Gasteiger partial charge in [0.15, 0.2) is 0 Å². The van der Waals surface area contributed by atoms with Crippen LogP contribution in [0.2, 0.25) is 5.02 Å². The van der Waals surface area contributed by atoms with Crippen molar-refractivity contribution in [2.45, 2.75) is 92.1 Å². The zero-order valence-corrected chi connectivity index (χ0v) is 35.3. The zero-order chi connectivity index (χ0) is 41.3. The maximum absolute atomic E-state index is 13.3. The molecule has 2 amide bonds. The average Bonchev–Trinajstić information content (AvgIpc) is 3.61. The molecular weight excluding hydrogens is 746 g/mol. The molecule has 1 aromatic carbocycles. The summed E-state index contributed by atoms with van der Waals surface area (Å²) in [5, 5.41) is 22.5. The molecule has 2 atom stereocenters. The van der Waals surface area contributed by atoms with E-state index in [1.54, 1.807) is 35.4 Å². The molecule has 4 aliphatic rings. The number of anilines is 1. The normalized spacial score (nSPS) is 24.6. The third-order valence-corrected chi connectivity index (χ3v) is 12.7. The molecule has 0 spiro atoms. The van der Waals surface area contributed by atoms with Crippen molar-refractivity contribution in [2.24, 2.45) is 22.2 Å². The highest BCUT2D eigenvalue weighted by Crippen LogP contribution is 2.57. The Hall–Kier alpha value is -3.96. The molecule has 1 saturated carbocycles. The van der Waals surface area contributed by atoms with E-state index in [-0.39, 0.29) is 24.5 Å². The predicted octanol–water partition coefficient (Wildman–Crippen LogP) is 4.60. The number of pyridine rings is 1. The first-order chi connectivity index (χ1) is 26.9. The zero-order valence-electron chi connectivity index (χ0n) is 34.6. The van der Waals surface area contributed by atoms with Crippen molar-refractivity contribution in [2.75, 3.05) is 70.3 Å². The molecule has 4 heterocycles. The van der Waals surface area contributed by atoms with Crippen LogP contribution < -0.4 is 15.0 Å². The number of carbonyl (C=O) groups is 3. The largest absolute Gasteiger partial charge is 0.489 e. The number of rotatable bonds is 11. The van der Waals surface area contributed by atoms with Gasteiger partial charge in [-0.25, -0.2) is 9.78 Å². The van der Waals surface area contributed by atoms with E-state index in [9.17, 15) is 24.8 Å². The Labute approximate surface area is 342 Å². The summed E-state index contributed by atoms with van der Waals surface area (Å²) in [7, 11) is 0. The molecule has 310 valence electrons. The van der Waals surface area contributed by atoms with Crippen molar-refractivity contribution in [1.29, 1.82) is 5.26 Å². The van der Waals surface area contributed by atoms with Crippen LogP contribution in [0, 0.1) is 33.5 Å². The maximum atomic E-state index is 13.3. The summed E-state index contributed by atoms with van der Waals surface area (Å²) in [5.74, 6) is 1.30. The van der Waals surface area contributed by atoms with Crippen LogP contribution in [0.3, 0.4) is 0 Å². The Balaban J connectivity index is 0.915. The van der Waals surface area contributed by atoms with Gasteiger partial charge in [0.05, 0.1) is 28.8 Å². The van der Waals surface area contributed by atoms with Crippen LogP contribution in [0.1, 0.15) is 83.7 Å². The number of amides is 2. The molecule has 2 N–H and O–H groups in total. The molecule has 0 unspecified atom stereocenters. The molecule has 4 fully saturated rings. The molecule has 3 saturated heterocycles. The second-order valence-corrected chi connectivity index (χ2v) is 19.1. The number of ether oxygens (including phenoxy) is 2. The van der Waals surface area contributed by atoms with E-state index in [1.807, 2.05) is 54.5 Å². The van der Waals surface area contributed by atoms with E-state index in [2.05, 4.69) is 31.1 Å². The van der Waals surface area contributed by atoms with Crippen molar-refractivity contribution in [1.82, 2.24) is 25.0 Å². The molecule has 0 radical (unpaired) electrons. The Morgan fingerprint density at radius 3 is 2.21 bits per heavy atom. The van der Waals surface area contributed by atoms with Gasteiger partial charge >= 0.3 is 5.97 Å². The molecular formula is C43H60ClN7O6. The number of piperazine rings is 1. The first-order valence-electron chi connectivity index (χ1n) is 20.4. The quantitative estimate of drug-likeness (QED) is 0.307. The third kappa shape index (κ3) is 9.68. The standard InChI is InChI=1S/C43H60ClN7O6/c1-41(2,3)36(37(54)51-17-14-31(52)26-51)47-35(53)27-48-15-12-28(13-16-48)25-49-18-20-50(21-19-49)34-11-9-30(24-46-34)38(55)57-40-42(4,5)39(43(40,6)7)56-32-10-8-29(23-45)33(44)22-32/h8-11,22,24,28,31,36,39-40,52H,12-21,25-27H2,1-7H3,(H,47,53)/t31-,36-,39?,40?/m1/s1. The summed E-state index contributed by atoms with van der Waals surface area (Å²) in [6.45, 7) is 21.4. The third-order valence-electron chi connectivity index (χ3n) is 12.4. The summed E-state index contributed by atoms with van der Waals surface area (Å²) in [6.07, 6.45) is 3.08. The van der Waals surface area contributed by atoms with Gasteiger partial charge in [-0.05, 0) is 68.0 Å². The highest BCUT2D eigenvalue weighted by Gasteiger charge is 2.66. The van der Waals surface area contributed by atoms with Gasteiger partial charge in [0.25, 0.3) is 0 Å². The van der Waals surface area contributed by atoms with Crippen molar-refractivity contribution >= 4 is 35.2 Å². The molecule has 0 bridgehead atoms. The first kappa shape index (κ1) is 42.6. The number of aliphatic hydroxyl groups excluding tert-OH is 1. The number of carbonyl (C=O) groups excluding carboxylic acids is 3. The van der Waals surface area contributed by atoms with Crippen LogP contribution in [0.15, 0.2) is 36.5 Å². The Kier molecular flexibility index (Phi) is 12.8. The Morgan fingerprint density at radius 1 is 0.965 bits per heavy atom. The number of β-amino-alcohol motifs (C(OH)–C–C–N with tert-alkyl or cyclic N) is 1. The number of aliphatic hydroxyl groups is 1. The van der Waals surface area contributed by atoms with E-state index < -0.39 is 40.5 Å². The summed E-state index contributed by atoms with van der Waals surface area (Å²) < 4.78 is 12.4. The fourth-order valence-corrected chi connectivity index (χ4v) is 9.62. The Bertz CT molecular complexity index is 1790. The number of aromatic nitrogens is 1. The average molecular weight is 806 g/mol. The lowest BCUT2D eigenvalue weighted by Crippen LogP contribution is -2.70. The summed E-state index contributed by atoms with van der Waals surface area (Å²) in [6, 6.07) is 10.1. The highest BCUT2D eigenvalue weighted by molar-refractivity contribution is 6.31. The van der Waals surface area contributed by atoms with Gasteiger partial charge in [0.2, 0.25) is 11.8 Å². The number of nitrogens with one attached hydrogen (secondary N) is 1. The minimum atomic E-state index is -0.632. The number of hydrogen-bond acceptors (Lipinski definition) is 11. The lowest BCUT2D eigenvalue weighted by molar-refractivity contribution is -0.236. The number of nitrogens with zero attached hydrogens (tertiary/aromatic N) is 6. The first-order valence-corrected chi connectivity index (χ1v) is 20.7. The summed E-state index contributed by atoms with van der Waals surface area (Å²) in [4.78, 5) is 53.0. The van der Waals surface area contributed by atoms with Crippen molar-refractivity contribution < 1.29 is 29.0 Å². The van der Waals surface area contributed by atoms with Crippen LogP contribution in [0.5, 0.6) is 5.75 Å². The molecule has 13 nitrogen and oxygen atoms in total. The smallest absolute Gasteiger partial charge is 0.340 e. The van der Waals surface area contributed by atoms with E-state index in [0.717, 1.165) is 64.5 Å². The minimum absolute atomic E-state index is 0.119. The molecule has 2 aromatic rings. The van der Waals surface area contributed by atoms with Crippen LogP contribution >= 0.6 is 11.6 Å². The summed E-state index contributed by atoms with van der Waals surface area (Å²) in [5.41, 5.74) is -0.597. The van der Waals surface area contributed by atoms with Crippen molar-refractivity contribution in [3.63, 3.8) is 0 Å². The molecule has 1 aliphatic carbocycles. The lowest BCUT2D eigenvalue weighted by atomic mass is 9.51. The van der Waals surface area contributed by atoms with Gasteiger partial charge < -0.3 is 29.7 Å². The number of piperidine rings is 1. The SMILES string of the molecule is CC1(C)C(OC(=O)c2ccc(N3CCN(CC4CCN(CC(=O)N[C@H](C(=O)N5CC[C@@H](O)C5)C(C)(C)C)CC4)CC3)nc2)C(C)(C)C1Oc1ccc(C#N)c(Cl)c1. The monoisotopic (exact) mass is 805 g/mol. The van der Waals surface area contributed by atoms with Gasteiger partial charge in [-0.15, -0.1) is 0 Å². The van der Waals surface area contributed by atoms with Crippen LogP contribution in [-0.4, -0.2) is 132 Å². The van der Waals surface area contributed by atoms with E-state index in [4.69, 9.17) is 21.1 Å². The fraction of sp³-hybridized carbons (Fsp3) is 0.651. The topological polar surface area (TPSA) is 152 Å². The van der Waals surface area contributed by atoms with Crippen molar-refractivity contribution in [3.05, 3.63) is 52.7 Å². The van der Waals surface area contributed by atoms with Crippen LogP contribution in [0.25, 0.3) is 0 Å². The second-order valence-electron chi connectivity index (χ2n) is 18.7. The number of likely N-dealkylation sites (tertiary alicyclic amines) is 2. The number of halogens is 1. The molecule has 1 aromatic heterocycles. The van der Waals surface area contributed by atoms with E-state index in [0.29, 0.717) is 47.3 Å². The maximum Gasteiger partial charge on any atom is 0.340 e. The second kappa shape index (κ2) is 17.1. The van der Waals surface area contributed by atoms with Crippen LogP contribution in [-0.2, 0) is 14.3 Å². The van der Waals surface area contributed by atoms with Gasteiger partial charge in [-0.3, -0.25) is 19.4 Å². The molecule has 57 heavy (non-hydrogen) atoms. The van der Waals surface area contributed by atoms with Gasteiger partial charge in [0, 0.05) is 68.9 Å². The lowest BCUT2D eigenvalue weighted by Gasteiger charge is -2.61. The molecule has 3 aliphatic heterocycles. The van der Waals surface area contributed by atoms with Gasteiger partial charge in [0.1, 0.15) is 35.9 Å². The number of nitriles is 1. The predicted molar refractivity (Wildman–Crippen MR) is 218 cm³/mol. The highest BCUT2D eigenvalue weighted by atomic mass is 35.5. The molecule has 6 rings (SSSR count). The fourth-order valence-electron chi connectivity index (χ4n) is 9.40.